The largest absolute Gasteiger partial charge is 0.497 e. The van der Waals surface area contributed by atoms with Gasteiger partial charge < -0.3 is 19.5 Å². The molecule has 2 aromatic rings. The summed E-state index contributed by atoms with van der Waals surface area (Å²) in [6.07, 6.45) is 0. The van der Waals surface area contributed by atoms with Crippen molar-refractivity contribution in [3.05, 3.63) is 46.2 Å². The Kier molecular flexibility index (Phi) is 6.20. The second-order valence-corrected chi connectivity index (χ2v) is 5.96. The number of carbonyl (C=O) groups is 2. The minimum atomic E-state index is -0.619. The molecule has 0 aliphatic rings. The third-order valence-corrected chi connectivity index (χ3v) is 4.32. The highest BCUT2D eigenvalue weighted by Crippen LogP contribution is 2.23. The molecule has 1 heterocycles. The highest BCUT2D eigenvalue weighted by Gasteiger charge is 2.15. The van der Waals surface area contributed by atoms with Gasteiger partial charge in [0.2, 0.25) is 0 Å². The summed E-state index contributed by atoms with van der Waals surface area (Å²) in [4.78, 5) is 25.0. The van der Waals surface area contributed by atoms with Gasteiger partial charge >= 0.3 is 5.97 Å². The van der Waals surface area contributed by atoms with E-state index in [2.05, 4.69) is 5.32 Å². The number of ether oxygens (including phenoxy) is 3. The number of amides is 1. The highest BCUT2D eigenvalue weighted by atomic mass is 32.1. The zero-order valence-corrected chi connectivity index (χ0v) is 14.5. The van der Waals surface area contributed by atoms with Crippen molar-refractivity contribution in [2.24, 2.45) is 0 Å². The molecule has 0 bridgehead atoms. The molecule has 24 heavy (non-hydrogen) atoms. The summed E-state index contributed by atoms with van der Waals surface area (Å²) >= 11 is 1.55. The summed E-state index contributed by atoms with van der Waals surface area (Å²) in [7, 11) is 2.98. The lowest BCUT2D eigenvalue weighted by atomic mass is 10.2. The normalized spacial score (nSPS) is 11.5. The number of benzene rings is 1. The predicted octanol–water partition coefficient (Wildman–Crippen LogP) is 2.80. The van der Waals surface area contributed by atoms with Gasteiger partial charge in [-0.05, 0) is 30.5 Å². The summed E-state index contributed by atoms with van der Waals surface area (Å²) < 4.78 is 15.3. The van der Waals surface area contributed by atoms with Crippen LogP contribution in [0.1, 0.15) is 28.2 Å². The third-order valence-electron chi connectivity index (χ3n) is 3.27. The van der Waals surface area contributed by atoms with Crippen LogP contribution < -0.4 is 14.8 Å². The van der Waals surface area contributed by atoms with E-state index < -0.39 is 5.97 Å². The Labute approximate surface area is 144 Å². The minimum Gasteiger partial charge on any atom is -0.497 e. The van der Waals surface area contributed by atoms with E-state index in [1.165, 1.54) is 26.4 Å². The molecule has 0 spiro atoms. The van der Waals surface area contributed by atoms with E-state index in [0.717, 1.165) is 4.88 Å². The van der Waals surface area contributed by atoms with E-state index >= 15 is 0 Å². The number of hydrogen-bond donors (Lipinski definition) is 1. The van der Waals surface area contributed by atoms with E-state index in [-0.39, 0.29) is 24.1 Å². The quantitative estimate of drug-likeness (QED) is 0.778. The second kappa shape index (κ2) is 8.35. The molecule has 0 aliphatic carbocycles. The lowest BCUT2D eigenvalue weighted by Gasteiger charge is -2.12. The Hall–Kier alpha value is -2.54. The average molecular weight is 349 g/mol. The fourth-order valence-electron chi connectivity index (χ4n) is 2.03. The Morgan fingerprint density at radius 2 is 1.83 bits per heavy atom. The van der Waals surface area contributed by atoms with Crippen LogP contribution in [0.25, 0.3) is 0 Å². The first-order chi connectivity index (χ1) is 11.5. The van der Waals surface area contributed by atoms with Gasteiger partial charge in [0.05, 0.1) is 25.8 Å². The molecule has 1 aromatic heterocycles. The molecule has 1 unspecified atom stereocenters. The third kappa shape index (κ3) is 4.73. The Bertz CT molecular complexity index is 677. The van der Waals surface area contributed by atoms with Crippen molar-refractivity contribution in [3.63, 3.8) is 0 Å². The topological polar surface area (TPSA) is 73.9 Å². The minimum absolute atomic E-state index is 0.131. The molecule has 1 aromatic carbocycles. The number of carbonyl (C=O) groups excluding carboxylic acids is 2. The predicted molar refractivity (Wildman–Crippen MR) is 90.7 cm³/mol. The molecule has 2 rings (SSSR count). The van der Waals surface area contributed by atoms with Gasteiger partial charge in [0.25, 0.3) is 5.91 Å². The first-order valence-electron chi connectivity index (χ1n) is 7.26. The van der Waals surface area contributed by atoms with Gasteiger partial charge in [-0.15, -0.1) is 11.3 Å². The number of rotatable bonds is 7. The zero-order chi connectivity index (χ0) is 17.5. The maximum absolute atomic E-state index is 12.1. The van der Waals surface area contributed by atoms with Gasteiger partial charge in [-0.3, -0.25) is 4.79 Å². The smallest absolute Gasteiger partial charge is 0.338 e. The first kappa shape index (κ1) is 17.8. The van der Waals surface area contributed by atoms with E-state index in [9.17, 15) is 9.59 Å². The summed E-state index contributed by atoms with van der Waals surface area (Å²) in [6, 6.07) is 8.41. The molecule has 0 saturated carbocycles. The molecule has 0 fully saturated rings. The van der Waals surface area contributed by atoms with E-state index in [4.69, 9.17) is 14.2 Å². The van der Waals surface area contributed by atoms with Gasteiger partial charge in [-0.25, -0.2) is 4.79 Å². The van der Waals surface area contributed by atoms with Crippen molar-refractivity contribution in [1.29, 1.82) is 0 Å². The van der Waals surface area contributed by atoms with Crippen LogP contribution >= 0.6 is 11.3 Å². The monoisotopic (exact) mass is 349 g/mol. The Balaban J connectivity index is 1.91. The van der Waals surface area contributed by atoms with Gasteiger partial charge in [0.15, 0.2) is 6.61 Å². The SMILES string of the molecule is COc1cc(OC)cc(C(=O)OCC(=O)NC(C)c2cccs2)c1. The van der Waals surface area contributed by atoms with Crippen molar-refractivity contribution in [2.75, 3.05) is 20.8 Å². The van der Waals surface area contributed by atoms with Crippen LogP contribution in [0.5, 0.6) is 11.5 Å². The van der Waals surface area contributed by atoms with Gasteiger partial charge in [-0.1, -0.05) is 6.07 Å². The fourth-order valence-corrected chi connectivity index (χ4v) is 2.77. The second-order valence-electron chi connectivity index (χ2n) is 4.98. The maximum Gasteiger partial charge on any atom is 0.338 e. The van der Waals surface area contributed by atoms with E-state index in [0.29, 0.717) is 11.5 Å². The molecule has 0 radical (unpaired) electrons. The molecular formula is C17H19NO5S. The number of thiophene rings is 1. The van der Waals surface area contributed by atoms with Crippen molar-refractivity contribution in [2.45, 2.75) is 13.0 Å². The lowest BCUT2D eigenvalue weighted by molar-refractivity contribution is -0.124. The lowest BCUT2D eigenvalue weighted by Crippen LogP contribution is -2.30. The molecule has 7 heteroatoms. The summed E-state index contributed by atoms with van der Waals surface area (Å²) in [5.74, 6) is -0.0422. The summed E-state index contributed by atoms with van der Waals surface area (Å²) in [5, 5.41) is 4.72. The average Bonchev–Trinajstić information content (AvgIpc) is 3.13. The zero-order valence-electron chi connectivity index (χ0n) is 13.7. The first-order valence-corrected chi connectivity index (χ1v) is 8.14. The van der Waals surface area contributed by atoms with Crippen LogP contribution in [-0.2, 0) is 9.53 Å². The molecule has 1 amide bonds. The molecule has 1 N–H and O–H groups in total. The highest BCUT2D eigenvalue weighted by molar-refractivity contribution is 7.10. The van der Waals surface area contributed by atoms with Crippen molar-refractivity contribution in [3.8, 4) is 11.5 Å². The van der Waals surface area contributed by atoms with Crippen molar-refractivity contribution < 1.29 is 23.8 Å². The van der Waals surface area contributed by atoms with Crippen LogP contribution in [0.2, 0.25) is 0 Å². The van der Waals surface area contributed by atoms with Crippen molar-refractivity contribution >= 4 is 23.2 Å². The van der Waals surface area contributed by atoms with Crippen LogP contribution in [-0.4, -0.2) is 32.7 Å². The van der Waals surface area contributed by atoms with Gasteiger partial charge in [0, 0.05) is 10.9 Å². The molecule has 1 atom stereocenters. The summed E-state index contributed by atoms with van der Waals surface area (Å²) in [6.45, 7) is 1.52. The molecule has 6 nitrogen and oxygen atoms in total. The van der Waals surface area contributed by atoms with Gasteiger partial charge in [-0.2, -0.15) is 0 Å². The van der Waals surface area contributed by atoms with Crippen LogP contribution in [0.3, 0.4) is 0 Å². The Morgan fingerprint density at radius 1 is 1.17 bits per heavy atom. The van der Waals surface area contributed by atoms with Crippen LogP contribution in [0.4, 0.5) is 0 Å². The van der Waals surface area contributed by atoms with Crippen LogP contribution in [0.15, 0.2) is 35.7 Å². The fraction of sp³-hybridized carbons (Fsp3) is 0.294. The van der Waals surface area contributed by atoms with Gasteiger partial charge in [0.1, 0.15) is 11.5 Å². The number of hydrogen-bond acceptors (Lipinski definition) is 6. The number of methoxy groups -OCH3 is 2. The van der Waals surface area contributed by atoms with Crippen LogP contribution in [0, 0.1) is 0 Å². The standard InChI is InChI=1S/C17H19NO5S/c1-11(15-5-4-6-24-15)18-16(19)10-23-17(20)12-7-13(21-2)9-14(8-12)22-3/h4-9,11H,10H2,1-3H3,(H,18,19). The number of nitrogens with one attached hydrogen (secondary N) is 1. The molecule has 0 saturated heterocycles. The summed E-state index contributed by atoms with van der Waals surface area (Å²) in [5.41, 5.74) is 0.255. The van der Waals surface area contributed by atoms with E-state index in [1.54, 1.807) is 17.4 Å². The molecule has 128 valence electrons. The Morgan fingerprint density at radius 3 is 2.38 bits per heavy atom. The van der Waals surface area contributed by atoms with Crippen molar-refractivity contribution in [1.82, 2.24) is 5.32 Å². The number of esters is 1. The molecule has 0 aliphatic heterocycles. The maximum atomic E-state index is 12.1. The molecular weight excluding hydrogens is 330 g/mol. The van der Waals surface area contributed by atoms with E-state index in [1.807, 2.05) is 24.4 Å².